The van der Waals surface area contributed by atoms with Crippen molar-refractivity contribution in [2.75, 3.05) is 0 Å². The van der Waals surface area contributed by atoms with E-state index in [0.717, 1.165) is 44.3 Å². The second kappa shape index (κ2) is 10.6. The predicted octanol–water partition coefficient (Wildman–Crippen LogP) is 7.03. The van der Waals surface area contributed by atoms with Gasteiger partial charge < -0.3 is 9.55 Å². The largest absolute Gasteiger partial charge is 0.329 e. The second-order valence-corrected chi connectivity index (χ2v) is 16.0. The first kappa shape index (κ1) is 26.5. The normalized spacial score (nSPS) is 11.3. The van der Waals surface area contributed by atoms with Gasteiger partial charge in [0.25, 0.3) is 11.1 Å². The number of pyridine rings is 2. The molecule has 0 radical (unpaired) electrons. The molecule has 0 aliphatic rings. The second-order valence-electron chi connectivity index (χ2n) is 10.8. The van der Waals surface area contributed by atoms with Crippen molar-refractivity contribution in [1.82, 2.24) is 9.55 Å². The Kier molecular flexibility index (Phi) is 7.18. The van der Waals surface area contributed by atoms with E-state index in [9.17, 15) is 9.59 Å². The average molecular weight is 549 g/mol. The van der Waals surface area contributed by atoms with Crippen LogP contribution in [0.15, 0.2) is 94.6 Å². The lowest BCUT2D eigenvalue weighted by atomic mass is 9.94. The van der Waals surface area contributed by atoms with Crippen LogP contribution in [0.2, 0.25) is 24.7 Å². The van der Waals surface area contributed by atoms with Crippen molar-refractivity contribution >= 4 is 30.6 Å². The van der Waals surface area contributed by atoms with E-state index in [2.05, 4.69) is 48.2 Å². The molecular weight excluding hydrogens is 520 g/mol. The molecule has 6 heteroatoms. The van der Waals surface area contributed by atoms with Gasteiger partial charge in [-0.3, -0.25) is 9.59 Å². The molecule has 39 heavy (non-hydrogen) atoms. The number of H-pyrrole nitrogens is 1. The van der Waals surface area contributed by atoms with Gasteiger partial charge in [0, 0.05) is 47.3 Å². The van der Waals surface area contributed by atoms with Crippen molar-refractivity contribution in [2.24, 2.45) is 7.05 Å². The average Bonchev–Trinajstić information content (AvgIpc) is 2.91. The maximum Gasteiger partial charge on any atom is 0.252 e. The third kappa shape index (κ3) is 5.83. The van der Waals surface area contributed by atoms with E-state index in [-0.39, 0.29) is 11.1 Å². The highest BCUT2D eigenvalue weighted by atomic mass is 35.5. The van der Waals surface area contributed by atoms with E-state index in [1.165, 1.54) is 0 Å². The molecule has 0 aliphatic heterocycles. The van der Waals surface area contributed by atoms with Crippen molar-refractivity contribution in [3.05, 3.63) is 127 Å². The number of halogens is 1. The number of hydrogen-bond donors (Lipinski definition) is 1. The van der Waals surface area contributed by atoms with Crippen LogP contribution in [0.5, 0.6) is 0 Å². The molecule has 0 fully saturated rings. The Labute approximate surface area is 233 Å². The summed E-state index contributed by atoms with van der Waals surface area (Å²) < 4.78 is 1.66. The Bertz CT molecular complexity index is 1890. The fraction of sp³-hybridized carbons (Fsp3) is 0.152. The molecule has 2 aromatic heterocycles. The van der Waals surface area contributed by atoms with E-state index in [1.807, 2.05) is 60.7 Å². The third-order valence-electron chi connectivity index (χ3n) is 6.67. The first-order chi connectivity index (χ1) is 18.6. The van der Waals surface area contributed by atoms with Crippen LogP contribution in [0.4, 0.5) is 0 Å². The molecule has 4 nitrogen and oxygen atoms in total. The van der Waals surface area contributed by atoms with E-state index in [1.54, 1.807) is 23.9 Å². The molecule has 0 aliphatic carbocycles. The number of aromatic nitrogens is 2. The maximum absolute atomic E-state index is 13.0. The number of aromatic amines is 1. The molecule has 1 N–H and O–H groups in total. The number of benzene rings is 3. The molecule has 0 amide bonds. The van der Waals surface area contributed by atoms with E-state index in [0.29, 0.717) is 17.0 Å². The molecule has 5 aromatic rings. The molecule has 0 atom stereocenters. The molecule has 194 valence electrons. The highest BCUT2D eigenvalue weighted by Gasteiger charge is 2.14. The van der Waals surface area contributed by atoms with Crippen LogP contribution in [0.25, 0.3) is 33.2 Å². The molecule has 2 heterocycles. The third-order valence-corrected chi connectivity index (χ3v) is 7.79. The zero-order chi connectivity index (χ0) is 27.7. The Hall–Kier alpha value is -4.11. The van der Waals surface area contributed by atoms with Gasteiger partial charge in [0.05, 0.1) is 5.52 Å². The van der Waals surface area contributed by atoms with Gasteiger partial charge in [-0.25, -0.2) is 0 Å². The van der Waals surface area contributed by atoms with Crippen molar-refractivity contribution in [2.45, 2.75) is 26.1 Å². The topological polar surface area (TPSA) is 54.9 Å². The van der Waals surface area contributed by atoms with Crippen LogP contribution in [0, 0.1) is 11.5 Å². The van der Waals surface area contributed by atoms with Gasteiger partial charge in [-0.05, 0) is 70.3 Å². The highest BCUT2D eigenvalue weighted by Crippen LogP contribution is 2.30. The van der Waals surface area contributed by atoms with E-state index >= 15 is 0 Å². The molecule has 0 saturated heterocycles. The van der Waals surface area contributed by atoms with Gasteiger partial charge >= 0.3 is 0 Å². The summed E-state index contributed by atoms with van der Waals surface area (Å²) in [5, 5.41) is 1.60. The van der Waals surface area contributed by atoms with Crippen molar-refractivity contribution in [3.8, 4) is 33.7 Å². The predicted molar refractivity (Wildman–Crippen MR) is 165 cm³/mol. The summed E-state index contributed by atoms with van der Waals surface area (Å²) in [6, 6.07) is 25.2. The van der Waals surface area contributed by atoms with Gasteiger partial charge in [0.2, 0.25) is 0 Å². The Morgan fingerprint density at radius 3 is 2.38 bits per heavy atom. The number of nitrogens with one attached hydrogen (secondary N) is 1. The lowest BCUT2D eigenvalue weighted by Gasteiger charge is -2.14. The Balaban J connectivity index is 1.63. The summed E-state index contributed by atoms with van der Waals surface area (Å²) in [5.74, 6) is 3.33. The quantitative estimate of drug-likeness (QED) is 0.193. The molecule has 0 spiro atoms. The summed E-state index contributed by atoms with van der Waals surface area (Å²) in [4.78, 5) is 28.7. The smallest absolute Gasteiger partial charge is 0.252 e. The summed E-state index contributed by atoms with van der Waals surface area (Å²) in [5.41, 5.74) is 10.2. The fourth-order valence-corrected chi connectivity index (χ4v) is 5.32. The molecule has 0 unspecified atom stereocenters. The van der Waals surface area contributed by atoms with E-state index < -0.39 is 8.07 Å². The van der Waals surface area contributed by atoms with Crippen LogP contribution in [-0.4, -0.2) is 17.6 Å². The first-order valence-corrected chi connectivity index (χ1v) is 16.7. The molecule has 3 aromatic carbocycles. The summed E-state index contributed by atoms with van der Waals surface area (Å²) in [6.07, 6.45) is 2.11. The number of nitrogens with zero attached hydrogens (tertiary/aromatic N) is 1. The number of aryl methyl sites for hydroxylation is 1. The van der Waals surface area contributed by atoms with Gasteiger partial charge in [0.1, 0.15) is 8.07 Å². The van der Waals surface area contributed by atoms with Crippen LogP contribution < -0.4 is 11.1 Å². The number of fused-ring (bicyclic) bond motifs is 1. The summed E-state index contributed by atoms with van der Waals surface area (Å²) in [6.45, 7) is 6.65. The summed E-state index contributed by atoms with van der Waals surface area (Å²) in [7, 11) is 0.255. The van der Waals surface area contributed by atoms with Gasteiger partial charge in [-0.15, -0.1) is 5.54 Å². The number of rotatable bonds is 4. The molecule has 0 bridgehead atoms. The molecule has 0 saturated carbocycles. The lowest BCUT2D eigenvalue weighted by molar-refractivity contribution is 0.906. The first-order valence-electron chi connectivity index (χ1n) is 12.8. The van der Waals surface area contributed by atoms with Crippen LogP contribution in [0.1, 0.15) is 16.7 Å². The molecular formula is C33H29ClN2O2Si. The van der Waals surface area contributed by atoms with Crippen molar-refractivity contribution in [3.63, 3.8) is 0 Å². The monoisotopic (exact) mass is 548 g/mol. The fourth-order valence-electron chi connectivity index (χ4n) is 4.67. The van der Waals surface area contributed by atoms with Crippen LogP contribution in [-0.2, 0) is 13.5 Å². The standard InChI is InChI=1S/C33H29ClN2O2Si/c1-36-31-13-8-23(20-30-27(14-16-35-33(30)38)24-9-11-26(34)12-10-24)19-29(31)28(21-32(36)37)25-7-5-6-22(18-25)15-17-39(2,3)4/h5-14,16,18-19,21H,20H2,1-4H3,(H,35,38). The summed E-state index contributed by atoms with van der Waals surface area (Å²) >= 11 is 6.09. The van der Waals surface area contributed by atoms with E-state index in [4.69, 9.17) is 11.6 Å². The van der Waals surface area contributed by atoms with Crippen LogP contribution in [0.3, 0.4) is 0 Å². The van der Waals surface area contributed by atoms with Gasteiger partial charge in [0.15, 0.2) is 0 Å². The Morgan fingerprint density at radius 1 is 0.872 bits per heavy atom. The zero-order valence-corrected chi connectivity index (χ0v) is 24.2. The van der Waals surface area contributed by atoms with Gasteiger partial charge in [-0.1, -0.05) is 67.5 Å². The van der Waals surface area contributed by atoms with Crippen LogP contribution >= 0.6 is 11.6 Å². The number of hydrogen-bond acceptors (Lipinski definition) is 2. The molecule has 5 rings (SSSR count). The maximum atomic E-state index is 13.0. The highest BCUT2D eigenvalue weighted by molar-refractivity contribution is 6.83. The Morgan fingerprint density at radius 2 is 1.64 bits per heavy atom. The zero-order valence-electron chi connectivity index (χ0n) is 22.4. The minimum atomic E-state index is -1.53. The SMILES string of the molecule is Cn1c(=O)cc(-c2cccc(C#C[Si](C)(C)C)c2)c2cc(Cc3c(-c4ccc(Cl)cc4)cc[nH]c3=O)ccc21. The van der Waals surface area contributed by atoms with Crippen molar-refractivity contribution in [1.29, 1.82) is 0 Å². The van der Waals surface area contributed by atoms with Crippen molar-refractivity contribution < 1.29 is 0 Å². The van der Waals surface area contributed by atoms with Gasteiger partial charge in [-0.2, -0.15) is 0 Å². The lowest BCUT2D eigenvalue weighted by Crippen LogP contribution is -2.17. The minimum Gasteiger partial charge on any atom is -0.329 e. The minimum absolute atomic E-state index is 0.0756.